The number of nitrogens with zero attached hydrogens (tertiary/aromatic N) is 5. The van der Waals surface area contributed by atoms with Gasteiger partial charge in [-0.15, -0.1) is 0 Å². The predicted molar refractivity (Wildman–Crippen MR) is 136 cm³/mol. The first-order chi connectivity index (χ1) is 17.3. The molecule has 0 saturated carbocycles. The predicted octanol–water partition coefficient (Wildman–Crippen LogP) is 4.46. The highest BCUT2D eigenvalue weighted by Gasteiger charge is 2.20. The number of imidazole rings is 1. The minimum atomic E-state index is -3.87. The van der Waals surface area contributed by atoms with Crippen molar-refractivity contribution >= 4 is 21.6 Å². The molecule has 1 N–H and O–H groups in total. The largest absolute Gasteiger partial charge is 0.305 e. The Balaban J connectivity index is 1.63. The fraction of sp³-hybridized carbons (Fsp3) is 0.115. The van der Waals surface area contributed by atoms with Crippen LogP contribution < -0.4 is 4.72 Å². The first-order valence-electron chi connectivity index (χ1n) is 11.1. The molecule has 8 nitrogen and oxygen atoms in total. The van der Waals surface area contributed by atoms with Crippen molar-refractivity contribution in [2.24, 2.45) is 0 Å². The lowest BCUT2D eigenvalue weighted by atomic mass is 10.1. The number of benzene rings is 2. The molecule has 0 bridgehead atoms. The Kier molecular flexibility index (Phi) is 6.21. The van der Waals surface area contributed by atoms with Crippen LogP contribution in [0.2, 0.25) is 0 Å². The zero-order valence-corrected chi connectivity index (χ0v) is 20.4. The van der Waals surface area contributed by atoms with Gasteiger partial charge in [-0.05, 0) is 74.3 Å². The van der Waals surface area contributed by atoms with Gasteiger partial charge in [0.1, 0.15) is 11.5 Å². The number of fused-ring (bicyclic) bond motifs is 1. The summed E-state index contributed by atoms with van der Waals surface area (Å²) in [6.45, 7) is 0.740. The van der Waals surface area contributed by atoms with Gasteiger partial charge in [-0.1, -0.05) is 18.2 Å². The van der Waals surface area contributed by atoms with Crippen LogP contribution in [0, 0.1) is 5.82 Å². The van der Waals surface area contributed by atoms with Crippen molar-refractivity contribution < 1.29 is 12.8 Å². The Morgan fingerprint density at radius 3 is 2.44 bits per heavy atom. The number of sulfonamides is 1. The third kappa shape index (κ3) is 4.81. The quantitative estimate of drug-likeness (QED) is 0.353. The van der Waals surface area contributed by atoms with Crippen molar-refractivity contribution in [2.75, 3.05) is 18.8 Å². The topological polar surface area (TPSA) is 92.5 Å². The van der Waals surface area contributed by atoms with Crippen LogP contribution in [0.1, 0.15) is 5.56 Å². The standard InChI is InChI=1S/C26H23FN6O2S/c1-32(2)17-18-13-15-33-23(16-18)30-24(19-8-10-20(27)11-9-19)25(33)22-12-14-28-26(29-22)31-36(34,35)21-6-4-3-5-7-21/h3-16H,17H2,1-2H3,(H,28,29,31). The third-order valence-electron chi connectivity index (χ3n) is 5.48. The minimum Gasteiger partial charge on any atom is -0.305 e. The molecule has 0 fully saturated rings. The number of pyridine rings is 1. The Labute approximate surface area is 208 Å². The van der Waals surface area contributed by atoms with Crippen molar-refractivity contribution in [3.63, 3.8) is 0 Å². The van der Waals surface area contributed by atoms with Crippen molar-refractivity contribution in [1.29, 1.82) is 0 Å². The van der Waals surface area contributed by atoms with E-state index in [1.165, 1.54) is 30.5 Å². The number of hydrogen-bond acceptors (Lipinski definition) is 6. The number of anilines is 1. The molecule has 3 heterocycles. The molecule has 0 atom stereocenters. The van der Waals surface area contributed by atoms with Gasteiger partial charge in [0.05, 0.1) is 22.0 Å². The maximum Gasteiger partial charge on any atom is 0.264 e. The third-order valence-corrected chi connectivity index (χ3v) is 6.83. The lowest BCUT2D eigenvalue weighted by molar-refractivity contribution is 0.402. The highest BCUT2D eigenvalue weighted by atomic mass is 32.2. The molecule has 0 aliphatic rings. The van der Waals surface area contributed by atoms with Crippen LogP contribution in [0.15, 0.2) is 90.1 Å². The molecular formula is C26H23FN6O2S. The molecule has 0 amide bonds. The van der Waals surface area contributed by atoms with E-state index >= 15 is 0 Å². The summed E-state index contributed by atoms with van der Waals surface area (Å²) in [5.41, 5.74) is 4.16. The van der Waals surface area contributed by atoms with Gasteiger partial charge in [-0.25, -0.2) is 32.5 Å². The Hall–Kier alpha value is -4.15. The molecule has 36 heavy (non-hydrogen) atoms. The summed E-state index contributed by atoms with van der Waals surface area (Å²) in [6, 6.07) is 19.7. The summed E-state index contributed by atoms with van der Waals surface area (Å²) in [4.78, 5) is 15.6. The van der Waals surface area contributed by atoms with Crippen molar-refractivity contribution in [1.82, 2.24) is 24.3 Å². The van der Waals surface area contributed by atoms with E-state index in [-0.39, 0.29) is 16.7 Å². The Morgan fingerprint density at radius 1 is 0.972 bits per heavy atom. The summed E-state index contributed by atoms with van der Waals surface area (Å²) < 4.78 is 43.6. The van der Waals surface area contributed by atoms with Gasteiger partial charge in [0.2, 0.25) is 5.95 Å². The van der Waals surface area contributed by atoms with Crippen molar-refractivity contribution in [3.8, 4) is 22.6 Å². The second-order valence-corrected chi connectivity index (χ2v) is 10.2. The Bertz CT molecular complexity index is 1630. The maximum atomic E-state index is 13.6. The van der Waals surface area contributed by atoms with Gasteiger partial charge in [-0.2, -0.15) is 0 Å². The smallest absolute Gasteiger partial charge is 0.264 e. The molecule has 0 aliphatic carbocycles. The molecular weight excluding hydrogens is 479 g/mol. The number of aromatic nitrogens is 4. The van der Waals surface area contributed by atoms with Crippen LogP contribution in [-0.2, 0) is 16.6 Å². The van der Waals surface area contributed by atoms with Gasteiger partial charge in [0.25, 0.3) is 10.0 Å². The van der Waals surface area contributed by atoms with Gasteiger partial charge in [0, 0.05) is 24.5 Å². The number of hydrogen-bond donors (Lipinski definition) is 1. The van der Waals surface area contributed by atoms with E-state index in [1.54, 1.807) is 36.4 Å². The Morgan fingerprint density at radius 2 is 1.72 bits per heavy atom. The molecule has 0 unspecified atom stereocenters. The maximum absolute atomic E-state index is 13.6. The summed E-state index contributed by atoms with van der Waals surface area (Å²) in [6.07, 6.45) is 3.39. The van der Waals surface area contributed by atoms with Gasteiger partial charge in [-0.3, -0.25) is 4.40 Å². The van der Waals surface area contributed by atoms with E-state index in [9.17, 15) is 12.8 Å². The molecule has 2 aromatic carbocycles. The van der Waals surface area contributed by atoms with Crippen molar-refractivity contribution in [2.45, 2.75) is 11.4 Å². The summed E-state index contributed by atoms with van der Waals surface area (Å²) in [7, 11) is 0.111. The average molecular weight is 503 g/mol. The van der Waals surface area contributed by atoms with Gasteiger partial charge >= 0.3 is 0 Å². The van der Waals surface area contributed by atoms with Gasteiger partial charge in [0.15, 0.2) is 0 Å². The molecule has 182 valence electrons. The normalized spacial score (nSPS) is 11.8. The van der Waals surface area contributed by atoms with Crippen LogP contribution in [0.25, 0.3) is 28.3 Å². The summed E-state index contributed by atoms with van der Waals surface area (Å²) >= 11 is 0. The second-order valence-electron chi connectivity index (χ2n) is 8.50. The van der Waals surface area contributed by atoms with Gasteiger partial charge < -0.3 is 4.90 Å². The number of halogens is 1. The number of nitrogens with one attached hydrogen (secondary N) is 1. The molecule has 0 radical (unpaired) electrons. The van der Waals surface area contributed by atoms with Crippen LogP contribution >= 0.6 is 0 Å². The molecule has 10 heteroatoms. The highest BCUT2D eigenvalue weighted by molar-refractivity contribution is 7.92. The van der Waals surface area contributed by atoms with Crippen LogP contribution in [-0.4, -0.2) is 46.8 Å². The second kappa shape index (κ2) is 9.48. The van der Waals surface area contributed by atoms with E-state index in [2.05, 4.69) is 19.6 Å². The first-order valence-corrected chi connectivity index (χ1v) is 12.6. The van der Waals surface area contributed by atoms with Crippen LogP contribution in [0.3, 0.4) is 0 Å². The molecule has 3 aromatic heterocycles. The molecule has 0 spiro atoms. The summed E-state index contributed by atoms with van der Waals surface area (Å²) in [5.74, 6) is -0.419. The van der Waals surface area contributed by atoms with E-state index in [0.717, 1.165) is 12.1 Å². The van der Waals surface area contributed by atoms with Crippen LogP contribution in [0.5, 0.6) is 0 Å². The van der Waals surface area contributed by atoms with E-state index in [0.29, 0.717) is 28.3 Å². The SMILES string of the molecule is CN(C)Cc1ccn2c(-c3ccnc(NS(=O)(=O)c4ccccc4)n3)c(-c3ccc(F)cc3)nc2c1. The average Bonchev–Trinajstić information content (AvgIpc) is 3.23. The highest BCUT2D eigenvalue weighted by Crippen LogP contribution is 2.32. The monoisotopic (exact) mass is 502 g/mol. The van der Waals surface area contributed by atoms with E-state index < -0.39 is 10.0 Å². The fourth-order valence-corrected chi connectivity index (χ4v) is 4.89. The number of rotatable bonds is 7. The zero-order chi connectivity index (χ0) is 25.3. The molecule has 5 aromatic rings. The lowest BCUT2D eigenvalue weighted by Crippen LogP contribution is -2.15. The molecule has 0 saturated heterocycles. The zero-order valence-electron chi connectivity index (χ0n) is 19.6. The summed E-state index contributed by atoms with van der Waals surface area (Å²) in [5, 5.41) is 0. The molecule has 0 aliphatic heterocycles. The van der Waals surface area contributed by atoms with E-state index in [4.69, 9.17) is 4.98 Å². The van der Waals surface area contributed by atoms with Crippen LogP contribution in [0.4, 0.5) is 10.3 Å². The minimum absolute atomic E-state index is 0.0689. The van der Waals surface area contributed by atoms with E-state index in [1.807, 2.05) is 36.8 Å². The molecule has 5 rings (SSSR count). The van der Waals surface area contributed by atoms with Crippen molar-refractivity contribution in [3.05, 3.63) is 96.6 Å². The fourth-order valence-electron chi connectivity index (χ4n) is 3.92. The lowest BCUT2D eigenvalue weighted by Gasteiger charge is -2.11. The first kappa shape index (κ1) is 23.6.